The molecule has 2 aromatic carbocycles. The predicted molar refractivity (Wildman–Crippen MR) is 103 cm³/mol. The summed E-state index contributed by atoms with van der Waals surface area (Å²) in [5.41, 5.74) is 2.30. The number of hydrogen-bond donors (Lipinski definition) is 0. The van der Waals surface area contributed by atoms with Crippen LogP contribution in [0.4, 0.5) is 5.69 Å². The molecule has 0 unspecified atom stereocenters. The van der Waals surface area contributed by atoms with Crippen LogP contribution in [0.1, 0.15) is 29.8 Å². The number of nitrogens with zero attached hydrogens (tertiary/aromatic N) is 5. The van der Waals surface area contributed by atoms with Crippen molar-refractivity contribution in [3.8, 4) is 16.9 Å². The van der Waals surface area contributed by atoms with E-state index in [1.807, 2.05) is 35.2 Å². The van der Waals surface area contributed by atoms with Gasteiger partial charge in [-0.2, -0.15) is 0 Å². The molecule has 1 aliphatic heterocycles. The number of likely N-dealkylation sites (tertiary alicyclic amines) is 1. The van der Waals surface area contributed by atoms with Crippen LogP contribution in [0.5, 0.6) is 0 Å². The Kier molecular flexibility index (Phi) is 4.84. The summed E-state index contributed by atoms with van der Waals surface area (Å²) < 4.78 is 1.57. The highest BCUT2D eigenvalue weighted by atomic mass is 16.6. The van der Waals surface area contributed by atoms with Crippen LogP contribution in [0, 0.1) is 10.1 Å². The predicted octanol–water partition coefficient (Wildman–Crippen LogP) is 3.47. The van der Waals surface area contributed by atoms with Crippen LogP contribution in [0.3, 0.4) is 0 Å². The number of benzene rings is 2. The summed E-state index contributed by atoms with van der Waals surface area (Å²) >= 11 is 0. The lowest BCUT2D eigenvalue weighted by Crippen LogP contribution is -2.36. The number of hydrogen-bond acceptors (Lipinski definition) is 5. The third-order valence-corrected chi connectivity index (χ3v) is 4.87. The molecule has 1 amide bonds. The number of amides is 1. The molecule has 1 fully saturated rings. The van der Waals surface area contributed by atoms with Gasteiger partial charge in [-0.3, -0.25) is 14.9 Å². The van der Waals surface area contributed by atoms with Gasteiger partial charge < -0.3 is 4.90 Å². The fourth-order valence-electron chi connectivity index (χ4n) is 3.42. The molecule has 4 rings (SSSR count). The van der Waals surface area contributed by atoms with E-state index in [9.17, 15) is 14.9 Å². The largest absolute Gasteiger partial charge is 0.337 e. The van der Waals surface area contributed by atoms with E-state index in [0.29, 0.717) is 17.1 Å². The highest BCUT2D eigenvalue weighted by Crippen LogP contribution is 2.27. The Morgan fingerprint density at radius 3 is 2.29 bits per heavy atom. The van der Waals surface area contributed by atoms with Crippen LogP contribution >= 0.6 is 0 Å². The van der Waals surface area contributed by atoms with E-state index >= 15 is 0 Å². The minimum Gasteiger partial charge on any atom is -0.337 e. The van der Waals surface area contributed by atoms with E-state index in [4.69, 9.17) is 0 Å². The van der Waals surface area contributed by atoms with Gasteiger partial charge in [-0.25, -0.2) is 4.68 Å². The second-order valence-corrected chi connectivity index (χ2v) is 6.69. The van der Waals surface area contributed by atoms with E-state index in [1.54, 1.807) is 16.8 Å². The van der Waals surface area contributed by atoms with Gasteiger partial charge in [0.2, 0.25) is 0 Å². The summed E-state index contributed by atoms with van der Waals surface area (Å²) in [7, 11) is 0. The Labute approximate surface area is 161 Å². The fourth-order valence-corrected chi connectivity index (χ4v) is 3.42. The quantitative estimate of drug-likeness (QED) is 0.512. The highest BCUT2D eigenvalue weighted by Gasteiger charge is 2.27. The van der Waals surface area contributed by atoms with E-state index in [0.717, 1.165) is 37.9 Å². The molecule has 0 radical (unpaired) electrons. The molecule has 2 heterocycles. The lowest BCUT2D eigenvalue weighted by Gasteiger charge is -2.26. The van der Waals surface area contributed by atoms with Gasteiger partial charge in [-0.1, -0.05) is 35.5 Å². The van der Waals surface area contributed by atoms with Crippen molar-refractivity contribution in [3.63, 3.8) is 0 Å². The Bertz CT molecular complexity index is 992. The van der Waals surface area contributed by atoms with Gasteiger partial charge in [-0.05, 0) is 31.4 Å². The lowest BCUT2D eigenvalue weighted by atomic mass is 10.1. The van der Waals surface area contributed by atoms with Gasteiger partial charge in [0, 0.05) is 30.8 Å². The molecule has 0 N–H and O–H groups in total. The minimum atomic E-state index is -0.450. The van der Waals surface area contributed by atoms with Crippen molar-refractivity contribution in [2.45, 2.75) is 19.3 Å². The fraction of sp³-hybridized carbons (Fsp3) is 0.250. The SMILES string of the molecule is O=C(c1nnn(-c2ccc([N+](=O)[O-])cc2)c1-c1ccccc1)N1CCCCC1. The zero-order valence-electron chi connectivity index (χ0n) is 15.2. The maximum Gasteiger partial charge on any atom is 0.276 e. The second-order valence-electron chi connectivity index (χ2n) is 6.69. The van der Waals surface area contributed by atoms with Crippen molar-refractivity contribution in [1.82, 2.24) is 19.9 Å². The first-order valence-electron chi connectivity index (χ1n) is 9.20. The number of carbonyl (C=O) groups excluding carboxylic acids is 1. The average molecular weight is 377 g/mol. The van der Waals surface area contributed by atoms with Gasteiger partial charge in [0.05, 0.1) is 10.6 Å². The van der Waals surface area contributed by atoms with Crippen molar-refractivity contribution in [2.24, 2.45) is 0 Å². The van der Waals surface area contributed by atoms with Gasteiger partial charge in [0.25, 0.3) is 11.6 Å². The molecule has 28 heavy (non-hydrogen) atoms. The summed E-state index contributed by atoms with van der Waals surface area (Å²) in [5.74, 6) is -0.133. The first-order valence-corrected chi connectivity index (χ1v) is 9.20. The maximum absolute atomic E-state index is 13.1. The Morgan fingerprint density at radius 2 is 1.64 bits per heavy atom. The van der Waals surface area contributed by atoms with Crippen LogP contribution in [-0.4, -0.2) is 43.8 Å². The molecule has 8 nitrogen and oxygen atoms in total. The van der Waals surface area contributed by atoms with Crippen molar-refractivity contribution in [3.05, 3.63) is 70.4 Å². The Balaban J connectivity index is 1.80. The monoisotopic (exact) mass is 377 g/mol. The standard InChI is InChI=1S/C20H19N5O3/c26-20(23-13-5-2-6-14-23)18-19(15-7-3-1-4-8-15)24(22-21-18)16-9-11-17(12-10-16)25(27)28/h1,3-4,7-12H,2,5-6,13-14H2. The van der Waals surface area contributed by atoms with E-state index in [2.05, 4.69) is 10.3 Å². The molecule has 0 saturated carbocycles. The molecule has 142 valence electrons. The second kappa shape index (κ2) is 7.59. The molecule has 0 spiro atoms. The molecule has 1 aliphatic rings. The normalized spacial score (nSPS) is 14.1. The molecule has 0 bridgehead atoms. The number of nitro groups is 1. The summed E-state index contributed by atoms with van der Waals surface area (Å²) in [4.78, 5) is 25.4. The molecule has 1 aromatic heterocycles. The number of aromatic nitrogens is 3. The molecule has 0 atom stereocenters. The molecule has 0 aliphatic carbocycles. The minimum absolute atomic E-state index is 0.00487. The van der Waals surface area contributed by atoms with Gasteiger partial charge in [0.1, 0.15) is 5.69 Å². The lowest BCUT2D eigenvalue weighted by molar-refractivity contribution is -0.384. The first-order chi connectivity index (χ1) is 13.6. The summed E-state index contributed by atoms with van der Waals surface area (Å²) in [6, 6.07) is 15.5. The maximum atomic E-state index is 13.1. The van der Waals surface area contributed by atoms with Crippen LogP contribution in [-0.2, 0) is 0 Å². The van der Waals surface area contributed by atoms with Crippen molar-refractivity contribution < 1.29 is 9.72 Å². The van der Waals surface area contributed by atoms with Crippen LogP contribution < -0.4 is 0 Å². The first kappa shape index (κ1) is 17.8. The Hall–Kier alpha value is -3.55. The van der Waals surface area contributed by atoms with Gasteiger partial charge in [-0.15, -0.1) is 5.10 Å². The zero-order chi connectivity index (χ0) is 19.5. The smallest absolute Gasteiger partial charge is 0.276 e. The molecular weight excluding hydrogens is 358 g/mol. The molecule has 1 saturated heterocycles. The number of rotatable bonds is 4. The van der Waals surface area contributed by atoms with E-state index in [-0.39, 0.29) is 11.6 Å². The van der Waals surface area contributed by atoms with Crippen molar-refractivity contribution in [2.75, 3.05) is 13.1 Å². The van der Waals surface area contributed by atoms with Gasteiger partial charge in [0.15, 0.2) is 5.69 Å². The van der Waals surface area contributed by atoms with Crippen LogP contribution in [0.2, 0.25) is 0 Å². The van der Waals surface area contributed by atoms with E-state index < -0.39 is 4.92 Å². The van der Waals surface area contributed by atoms with Crippen molar-refractivity contribution >= 4 is 11.6 Å². The molecule has 3 aromatic rings. The number of non-ortho nitro benzene ring substituents is 1. The number of carbonyl (C=O) groups is 1. The summed E-state index contributed by atoms with van der Waals surface area (Å²) in [6.45, 7) is 1.44. The van der Waals surface area contributed by atoms with Crippen LogP contribution in [0.15, 0.2) is 54.6 Å². The third-order valence-electron chi connectivity index (χ3n) is 4.87. The highest BCUT2D eigenvalue weighted by molar-refractivity contribution is 5.98. The third kappa shape index (κ3) is 3.36. The molecular formula is C20H19N5O3. The van der Waals surface area contributed by atoms with Gasteiger partial charge >= 0.3 is 0 Å². The Morgan fingerprint density at radius 1 is 0.964 bits per heavy atom. The number of nitro benzene ring substituents is 1. The zero-order valence-corrected chi connectivity index (χ0v) is 15.2. The number of piperidine rings is 1. The van der Waals surface area contributed by atoms with Crippen molar-refractivity contribution in [1.29, 1.82) is 0 Å². The topological polar surface area (TPSA) is 94.2 Å². The average Bonchev–Trinajstić information content (AvgIpc) is 3.19. The summed E-state index contributed by atoms with van der Waals surface area (Å²) in [5, 5.41) is 19.3. The molecule has 8 heteroatoms. The van der Waals surface area contributed by atoms with Crippen LogP contribution in [0.25, 0.3) is 16.9 Å². The van der Waals surface area contributed by atoms with E-state index in [1.165, 1.54) is 12.1 Å². The summed E-state index contributed by atoms with van der Waals surface area (Å²) in [6.07, 6.45) is 3.11.